The molecule has 3 rings (SSSR count). The van der Waals surface area contributed by atoms with E-state index < -0.39 is 0 Å². The standard InChI is InChI=1S/C20H31N3O2/c1-3-17-8-6-7-11-23(17)16-20(24)22-14-12-21(13-15-22)18-9-4-5-10-19(18)25-2/h4-5,9-10,17H,3,6-8,11-16H2,1-2H3. The van der Waals surface area contributed by atoms with Gasteiger partial charge in [0.15, 0.2) is 0 Å². The predicted octanol–water partition coefficient (Wildman–Crippen LogP) is 2.61. The Morgan fingerprint density at radius 2 is 1.88 bits per heavy atom. The first-order valence-electron chi connectivity index (χ1n) is 9.62. The molecule has 0 bridgehead atoms. The van der Waals surface area contributed by atoms with E-state index in [1.807, 2.05) is 23.1 Å². The number of piperidine rings is 1. The van der Waals surface area contributed by atoms with E-state index >= 15 is 0 Å². The number of hydrogen-bond donors (Lipinski definition) is 0. The lowest BCUT2D eigenvalue weighted by molar-refractivity contribution is -0.133. The van der Waals surface area contributed by atoms with Crippen LogP contribution in [0.3, 0.4) is 0 Å². The summed E-state index contributed by atoms with van der Waals surface area (Å²) in [5, 5.41) is 0. The Morgan fingerprint density at radius 1 is 1.12 bits per heavy atom. The number of rotatable bonds is 5. The van der Waals surface area contributed by atoms with Crippen molar-refractivity contribution in [1.82, 2.24) is 9.80 Å². The molecule has 1 atom stereocenters. The van der Waals surface area contributed by atoms with E-state index in [-0.39, 0.29) is 0 Å². The smallest absolute Gasteiger partial charge is 0.236 e. The van der Waals surface area contributed by atoms with E-state index in [1.54, 1.807) is 7.11 Å². The van der Waals surface area contributed by atoms with Crippen molar-refractivity contribution in [3.63, 3.8) is 0 Å². The van der Waals surface area contributed by atoms with Crippen LogP contribution in [-0.4, -0.2) is 68.1 Å². The summed E-state index contributed by atoms with van der Waals surface area (Å²) in [4.78, 5) is 19.5. The molecule has 1 aromatic carbocycles. The van der Waals surface area contributed by atoms with Crippen molar-refractivity contribution < 1.29 is 9.53 Å². The number of nitrogens with zero attached hydrogens (tertiary/aromatic N) is 3. The molecule has 5 nitrogen and oxygen atoms in total. The highest BCUT2D eigenvalue weighted by atomic mass is 16.5. The number of carbonyl (C=O) groups is 1. The Kier molecular flexibility index (Phi) is 6.19. The largest absolute Gasteiger partial charge is 0.495 e. The highest BCUT2D eigenvalue weighted by Crippen LogP contribution is 2.28. The van der Waals surface area contributed by atoms with E-state index in [2.05, 4.69) is 22.8 Å². The molecule has 25 heavy (non-hydrogen) atoms. The summed E-state index contributed by atoms with van der Waals surface area (Å²) in [7, 11) is 1.71. The first-order chi connectivity index (χ1) is 12.2. The molecule has 2 aliphatic heterocycles. The minimum Gasteiger partial charge on any atom is -0.495 e. The number of likely N-dealkylation sites (tertiary alicyclic amines) is 1. The molecule has 0 radical (unpaired) electrons. The molecular formula is C20H31N3O2. The summed E-state index contributed by atoms with van der Waals surface area (Å²) in [6.07, 6.45) is 4.92. The van der Waals surface area contributed by atoms with Gasteiger partial charge in [0, 0.05) is 32.2 Å². The summed E-state index contributed by atoms with van der Waals surface area (Å²) in [5.41, 5.74) is 1.12. The van der Waals surface area contributed by atoms with Crippen LogP contribution in [0.25, 0.3) is 0 Å². The van der Waals surface area contributed by atoms with Gasteiger partial charge in [0.2, 0.25) is 5.91 Å². The molecule has 2 aliphatic rings. The number of para-hydroxylation sites is 2. The number of hydrogen-bond acceptors (Lipinski definition) is 4. The third-order valence-electron chi connectivity index (χ3n) is 5.62. The van der Waals surface area contributed by atoms with Crippen molar-refractivity contribution in [2.24, 2.45) is 0 Å². The zero-order chi connectivity index (χ0) is 17.6. The molecular weight excluding hydrogens is 314 g/mol. The van der Waals surface area contributed by atoms with Crippen LogP contribution < -0.4 is 9.64 Å². The predicted molar refractivity (Wildman–Crippen MR) is 101 cm³/mol. The molecule has 2 saturated heterocycles. The van der Waals surface area contributed by atoms with Crippen LogP contribution in [0.4, 0.5) is 5.69 Å². The topological polar surface area (TPSA) is 36.0 Å². The Bertz CT molecular complexity index is 570. The van der Waals surface area contributed by atoms with Gasteiger partial charge in [-0.15, -0.1) is 0 Å². The molecule has 0 N–H and O–H groups in total. The number of ether oxygens (including phenoxy) is 1. The first kappa shape index (κ1) is 18.1. The summed E-state index contributed by atoms with van der Waals surface area (Å²) >= 11 is 0. The van der Waals surface area contributed by atoms with Crippen LogP contribution in [0.15, 0.2) is 24.3 Å². The Balaban J connectivity index is 1.54. The van der Waals surface area contributed by atoms with E-state index in [0.717, 1.165) is 50.6 Å². The molecule has 0 spiro atoms. The molecule has 138 valence electrons. The second kappa shape index (κ2) is 8.56. The quantitative estimate of drug-likeness (QED) is 0.822. The summed E-state index contributed by atoms with van der Waals surface area (Å²) in [6, 6.07) is 8.71. The van der Waals surface area contributed by atoms with Gasteiger partial charge in [0.05, 0.1) is 19.3 Å². The summed E-state index contributed by atoms with van der Waals surface area (Å²) < 4.78 is 5.47. The minimum atomic E-state index is 0.292. The van der Waals surface area contributed by atoms with E-state index in [9.17, 15) is 4.79 Å². The molecule has 2 fully saturated rings. The molecule has 0 saturated carbocycles. The average molecular weight is 345 g/mol. The lowest BCUT2D eigenvalue weighted by atomic mass is 10.00. The monoisotopic (exact) mass is 345 g/mol. The lowest BCUT2D eigenvalue weighted by Gasteiger charge is -2.39. The fourth-order valence-electron chi connectivity index (χ4n) is 4.09. The SMILES string of the molecule is CCC1CCCCN1CC(=O)N1CCN(c2ccccc2OC)CC1. The maximum atomic E-state index is 12.7. The van der Waals surface area contributed by atoms with Gasteiger partial charge in [-0.25, -0.2) is 0 Å². The molecule has 0 aromatic heterocycles. The summed E-state index contributed by atoms with van der Waals surface area (Å²) in [6.45, 7) is 7.22. The number of benzene rings is 1. The number of carbonyl (C=O) groups excluding carboxylic acids is 1. The van der Waals surface area contributed by atoms with Crippen molar-refractivity contribution in [3.8, 4) is 5.75 Å². The average Bonchev–Trinajstić information content (AvgIpc) is 2.68. The van der Waals surface area contributed by atoms with Crippen molar-refractivity contribution in [2.75, 3.05) is 51.3 Å². The van der Waals surface area contributed by atoms with Crippen LogP contribution in [0, 0.1) is 0 Å². The van der Waals surface area contributed by atoms with Crippen LogP contribution in [-0.2, 0) is 4.79 Å². The molecule has 5 heteroatoms. The van der Waals surface area contributed by atoms with Gasteiger partial charge in [-0.2, -0.15) is 0 Å². The second-order valence-corrected chi connectivity index (χ2v) is 7.07. The number of anilines is 1. The van der Waals surface area contributed by atoms with Gasteiger partial charge >= 0.3 is 0 Å². The van der Waals surface area contributed by atoms with Gasteiger partial charge in [0.1, 0.15) is 5.75 Å². The van der Waals surface area contributed by atoms with Gasteiger partial charge < -0.3 is 14.5 Å². The third-order valence-corrected chi connectivity index (χ3v) is 5.62. The van der Waals surface area contributed by atoms with Gasteiger partial charge in [-0.05, 0) is 37.9 Å². The number of piperazine rings is 1. The fourth-order valence-corrected chi connectivity index (χ4v) is 4.09. The normalized spacial score (nSPS) is 22.1. The second-order valence-electron chi connectivity index (χ2n) is 7.07. The summed E-state index contributed by atoms with van der Waals surface area (Å²) in [5.74, 6) is 1.20. The van der Waals surface area contributed by atoms with Gasteiger partial charge in [-0.1, -0.05) is 25.5 Å². The highest BCUT2D eigenvalue weighted by Gasteiger charge is 2.27. The fraction of sp³-hybridized carbons (Fsp3) is 0.650. The molecule has 1 aromatic rings. The van der Waals surface area contributed by atoms with Crippen LogP contribution in [0.2, 0.25) is 0 Å². The number of methoxy groups -OCH3 is 1. The van der Waals surface area contributed by atoms with E-state index in [4.69, 9.17) is 4.74 Å². The first-order valence-corrected chi connectivity index (χ1v) is 9.62. The van der Waals surface area contributed by atoms with E-state index in [1.165, 1.54) is 19.3 Å². The van der Waals surface area contributed by atoms with Crippen LogP contribution in [0.5, 0.6) is 5.75 Å². The Hall–Kier alpha value is -1.75. The molecule has 2 heterocycles. The Morgan fingerprint density at radius 3 is 2.60 bits per heavy atom. The van der Waals surface area contributed by atoms with Gasteiger partial charge in [-0.3, -0.25) is 9.69 Å². The van der Waals surface area contributed by atoms with Crippen molar-refractivity contribution in [2.45, 2.75) is 38.6 Å². The van der Waals surface area contributed by atoms with Crippen LogP contribution in [0.1, 0.15) is 32.6 Å². The minimum absolute atomic E-state index is 0.292. The Labute approximate surface area is 151 Å². The zero-order valence-electron chi connectivity index (χ0n) is 15.6. The van der Waals surface area contributed by atoms with Gasteiger partial charge in [0.25, 0.3) is 0 Å². The molecule has 1 amide bonds. The van der Waals surface area contributed by atoms with Crippen molar-refractivity contribution in [3.05, 3.63) is 24.3 Å². The maximum absolute atomic E-state index is 12.7. The maximum Gasteiger partial charge on any atom is 0.236 e. The van der Waals surface area contributed by atoms with Crippen LogP contribution >= 0.6 is 0 Å². The zero-order valence-corrected chi connectivity index (χ0v) is 15.6. The number of amides is 1. The molecule has 0 aliphatic carbocycles. The highest BCUT2D eigenvalue weighted by molar-refractivity contribution is 5.78. The van der Waals surface area contributed by atoms with E-state index in [0.29, 0.717) is 18.5 Å². The lowest BCUT2D eigenvalue weighted by Crippen LogP contribution is -2.53. The van der Waals surface area contributed by atoms with Crippen molar-refractivity contribution >= 4 is 11.6 Å². The van der Waals surface area contributed by atoms with Crippen molar-refractivity contribution in [1.29, 1.82) is 0 Å². The molecule has 1 unspecified atom stereocenters. The third kappa shape index (κ3) is 4.27.